The molecule has 0 bridgehead atoms. The van der Waals surface area contributed by atoms with Gasteiger partial charge in [-0.2, -0.15) is 0 Å². The highest BCUT2D eigenvalue weighted by atomic mass is 16.5. The summed E-state index contributed by atoms with van der Waals surface area (Å²) in [6.07, 6.45) is -0.113. The SMILES string of the molecule is Cc1ccc(-c2c(C)c3c(c(C)c2[C@H](OC(C)(C)C)C(=O)O)CN(C(=O)N2CCC(C)(C)C2)C3)cc1. The minimum Gasteiger partial charge on any atom is -0.479 e. The van der Waals surface area contributed by atoms with Gasteiger partial charge in [-0.1, -0.05) is 43.7 Å². The summed E-state index contributed by atoms with van der Waals surface area (Å²) in [4.78, 5) is 29.9. The second-order valence-corrected chi connectivity index (χ2v) is 12.3. The Bertz CT molecular complexity index is 1190. The van der Waals surface area contributed by atoms with E-state index in [0.717, 1.165) is 58.5 Å². The molecule has 4 rings (SSSR count). The van der Waals surface area contributed by atoms with Crippen LogP contribution in [-0.4, -0.2) is 45.6 Å². The van der Waals surface area contributed by atoms with Gasteiger partial charge in [0.2, 0.25) is 0 Å². The summed E-state index contributed by atoms with van der Waals surface area (Å²) < 4.78 is 6.16. The summed E-state index contributed by atoms with van der Waals surface area (Å²) in [5.41, 5.74) is 7.29. The third-order valence-corrected chi connectivity index (χ3v) is 7.53. The second-order valence-electron chi connectivity index (χ2n) is 12.3. The molecule has 1 fully saturated rings. The number of benzene rings is 2. The average molecular weight is 493 g/mol. The van der Waals surface area contributed by atoms with Crippen LogP contribution in [0.1, 0.15) is 80.5 Å². The smallest absolute Gasteiger partial charge is 0.337 e. The van der Waals surface area contributed by atoms with Gasteiger partial charge in [0.15, 0.2) is 6.10 Å². The lowest BCUT2D eigenvalue weighted by molar-refractivity contribution is -0.160. The lowest BCUT2D eigenvalue weighted by atomic mass is 9.83. The molecule has 2 amide bonds. The van der Waals surface area contributed by atoms with E-state index >= 15 is 0 Å². The minimum atomic E-state index is -1.12. The number of likely N-dealkylation sites (tertiary alicyclic amines) is 1. The number of aryl methyl sites for hydroxylation is 1. The molecule has 2 aliphatic heterocycles. The Hall–Kier alpha value is -2.86. The third-order valence-electron chi connectivity index (χ3n) is 7.53. The van der Waals surface area contributed by atoms with E-state index in [1.54, 1.807) is 0 Å². The molecule has 0 spiro atoms. The summed E-state index contributed by atoms with van der Waals surface area (Å²) in [7, 11) is 0. The van der Waals surface area contributed by atoms with E-state index in [0.29, 0.717) is 18.7 Å². The fourth-order valence-electron chi connectivity index (χ4n) is 5.64. The Balaban J connectivity index is 1.84. The summed E-state index contributed by atoms with van der Waals surface area (Å²) in [6, 6.07) is 8.26. The maximum atomic E-state index is 13.5. The number of rotatable bonds is 4. The molecule has 0 saturated carbocycles. The molecule has 0 aliphatic carbocycles. The second kappa shape index (κ2) is 9.22. The predicted octanol–water partition coefficient (Wildman–Crippen LogP) is 6.39. The zero-order valence-electron chi connectivity index (χ0n) is 23.0. The zero-order chi connectivity index (χ0) is 26.6. The number of ether oxygens (including phenoxy) is 1. The van der Waals surface area contributed by atoms with Crippen LogP contribution < -0.4 is 0 Å². The Kier molecular flexibility index (Phi) is 6.71. The van der Waals surface area contributed by atoms with Crippen LogP contribution in [0.2, 0.25) is 0 Å². The number of urea groups is 1. The van der Waals surface area contributed by atoms with Gasteiger partial charge in [0, 0.05) is 31.7 Å². The number of fused-ring (bicyclic) bond motifs is 1. The lowest BCUT2D eigenvalue weighted by Gasteiger charge is -2.29. The van der Waals surface area contributed by atoms with E-state index in [1.165, 1.54) is 0 Å². The molecule has 2 aromatic rings. The normalized spacial score (nSPS) is 17.9. The topological polar surface area (TPSA) is 70.1 Å². The highest BCUT2D eigenvalue weighted by Crippen LogP contribution is 2.44. The average Bonchev–Trinajstić information content (AvgIpc) is 3.38. The van der Waals surface area contributed by atoms with Crippen LogP contribution in [0, 0.1) is 26.2 Å². The number of aliphatic carboxylic acids is 1. The van der Waals surface area contributed by atoms with E-state index < -0.39 is 17.7 Å². The van der Waals surface area contributed by atoms with Crippen molar-refractivity contribution in [2.45, 2.75) is 86.6 Å². The quantitative estimate of drug-likeness (QED) is 0.537. The van der Waals surface area contributed by atoms with Crippen molar-refractivity contribution in [2.75, 3.05) is 13.1 Å². The van der Waals surface area contributed by atoms with Crippen LogP contribution in [0.4, 0.5) is 4.79 Å². The first kappa shape index (κ1) is 26.2. The van der Waals surface area contributed by atoms with Crippen LogP contribution in [0.3, 0.4) is 0 Å². The van der Waals surface area contributed by atoms with Crippen LogP contribution in [-0.2, 0) is 22.6 Å². The monoisotopic (exact) mass is 492 g/mol. The third kappa shape index (κ3) is 5.01. The first-order chi connectivity index (χ1) is 16.7. The maximum Gasteiger partial charge on any atom is 0.337 e. The van der Waals surface area contributed by atoms with Crippen molar-refractivity contribution in [1.82, 2.24) is 9.80 Å². The zero-order valence-corrected chi connectivity index (χ0v) is 23.0. The molecule has 6 nitrogen and oxygen atoms in total. The molecular formula is C30H40N2O4. The molecule has 2 aromatic carbocycles. The van der Waals surface area contributed by atoms with Crippen molar-refractivity contribution in [2.24, 2.45) is 5.41 Å². The van der Waals surface area contributed by atoms with Gasteiger partial charge < -0.3 is 19.6 Å². The fourth-order valence-corrected chi connectivity index (χ4v) is 5.64. The Morgan fingerprint density at radius 1 is 0.972 bits per heavy atom. The van der Waals surface area contributed by atoms with Crippen molar-refractivity contribution in [3.63, 3.8) is 0 Å². The van der Waals surface area contributed by atoms with Crippen LogP contribution in [0.5, 0.6) is 0 Å². The molecule has 194 valence electrons. The van der Waals surface area contributed by atoms with Crippen LogP contribution in [0.25, 0.3) is 11.1 Å². The standard InChI is InChI=1S/C30H40N2O4/c1-18-9-11-21(12-10-18)24-19(2)22-15-32(28(35)31-14-13-30(7,8)17-31)16-23(22)20(3)25(24)26(27(33)34)36-29(4,5)6/h9-12,26H,13-17H2,1-8H3,(H,33,34)/t26-/m0/s1. The minimum absolute atomic E-state index is 0.0646. The molecule has 0 aromatic heterocycles. The number of hydrogen-bond acceptors (Lipinski definition) is 3. The Morgan fingerprint density at radius 3 is 2.06 bits per heavy atom. The molecule has 1 N–H and O–H groups in total. The number of carbonyl (C=O) groups is 2. The maximum absolute atomic E-state index is 13.5. The first-order valence-electron chi connectivity index (χ1n) is 12.8. The Labute approximate surface area is 215 Å². The number of amides is 2. The molecule has 1 saturated heterocycles. The van der Waals surface area contributed by atoms with Gasteiger partial charge in [0.05, 0.1) is 5.60 Å². The highest BCUT2D eigenvalue weighted by molar-refractivity contribution is 5.85. The van der Waals surface area contributed by atoms with Crippen LogP contribution >= 0.6 is 0 Å². The van der Waals surface area contributed by atoms with E-state index in [1.807, 2.05) is 68.7 Å². The van der Waals surface area contributed by atoms with Gasteiger partial charge in [0.1, 0.15) is 0 Å². The molecule has 0 unspecified atom stereocenters. The van der Waals surface area contributed by atoms with Crippen molar-refractivity contribution in [3.8, 4) is 11.1 Å². The fraction of sp³-hybridized carbons (Fsp3) is 0.533. The molecule has 36 heavy (non-hydrogen) atoms. The van der Waals surface area contributed by atoms with E-state index in [9.17, 15) is 14.7 Å². The van der Waals surface area contributed by atoms with E-state index in [2.05, 4.69) is 20.8 Å². The summed E-state index contributed by atoms with van der Waals surface area (Å²) in [5.74, 6) is -1.01. The predicted molar refractivity (Wildman–Crippen MR) is 142 cm³/mol. The number of nitrogens with zero attached hydrogens (tertiary/aromatic N) is 2. The van der Waals surface area contributed by atoms with E-state index in [-0.39, 0.29) is 11.4 Å². The first-order valence-corrected chi connectivity index (χ1v) is 12.8. The van der Waals surface area contributed by atoms with Crippen molar-refractivity contribution in [3.05, 3.63) is 57.6 Å². The molecule has 2 heterocycles. The number of hydrogen-bond donors (Lipinski definition) is 1. The van der Waals surface area contributed by atoms with Gasteiger partial charge in [-0.3, -0.25) is 0 Å². The molecule has 6 heteroatoms. The van der Waals surface area contributed by atoms with Gasteiger partial charge in [-0.25, -0.2) is 9.59 Å². The summed E-state index contributed by atoms with van der Waals surface area (Å²) in [5, 5.41) is 10.3. The molecule has 1 atom stereocenters. The summed E-state index contributed by atoms with van der Waals surface area (Å²) in [6.45, 7) is 18.7. The van der Waals surface area contributed by atoms with Gasteiger partial charge in [-0.05, 0) is 86.8 Å². The van der Waals surface area contributed by atoms with Crippen LogP contribution in [0.15, 0.2) is 24.3 Å². The number of carboxylic acids is 1. The van der Waals surface area contributed by atoms with Crippen molar-refractivity contribution >= 4 is 12.0 Å². The molecule has 2 aliphatic rings. The van der Waals surface area contributed by atoms with Gasteiger partial charge >= 0.3 is 12.0 Å². The lowest BCUT2D eigenvalue weighted by Crippen LogP contribution is -2.39. The van der Waals surface area contributed by atoms with Crippen molar-refractivity contribution < 1.29 is 19.4 Å². The Morgan fingerprint density at radius 2 is 1.56 bits per heavy atom. The van der Waals surface area contributed by atoms with Gasteiger partial charge in [0.25, 0.3) is 0 Å². The number of carboxylic acid groups (broad SMARTS) is 1. The molecular weight excluding hydrogens is 452 g/mol. The number of carbonyl (C=O) groups excluding carboxylic acids is 1. The van der Waals surface area contributed by atoms with Gasteiger partial charge in [-0.15, -0.1) is 0 Å². The highest BCUT2D eigenvalue weighted by Gasteiger charge is 2.39. The summed E-state index contributed by atoms with van der Waals surface area (Å²) >= 11 is 0. The molecule has 0 radical (unpaired) electrons. The van der Waals surface area contributed by atoms with E-state index in [4.69, 9.17) is 4.74 Å². The largest absolute Gasteiger partial charge is 0.479 e. The van der Waals surface area contributed by atoms with Crippen molar-refractivity contribution in [1.29, 1.82) is 0 Å².